The number of hydrogen-bond donors (Lipinski definition) is 1. The van der Waals surface area contributed by atoms with Gasteiger partial charge in [-0.1, -0.05) is 54.0 Å². The zero-order valence-electron chi connectivity index (χ0n) is 32.2. The third-order valence-electron chi connectivity index (χ3n) is 10.5. The molecule has 0 radical (unpaired) electrons. The highest BCUT2D eigenvalue weighted by molar-refractivity contribution is 6.35. The Kier molecular flexibility index (Phi) is 11.2. The van der Waals surface area contributed by atoms with E-state index in [0.717, 1.165) is 102 Å². The molecule has 0 aliphatic rings. The molecule has 0 fully saturated rings. The van der Waals surface area contributed by atoms with Crippen LogP contribution in [0.15, 0.2) is 85.8 Å². The van der Waals surface area contributed by atoms with Crippen molar-refractivity contribution in [3.05, 3.63) is 141 Å². The number of carboxylic acids is 1. The predicted octanol–water partition coefficient (Wildman–Crippen LogP) is 10.5. The van der Waals surface area contributed by atoms with Crippen molar-refractivity contribution in [3.8, 4) is 16.9 Å². The number of anilines is 1. The summed E-state index contributed by atoms with van der Waals surface area (Å²) in [5.74, 6) is -0.184. The molecule has 56 heavy (non-hydrogen) atoms. The molecular weight excluding hydrogens is 743 g/mol. The van der Waals surface area contributed by atoms with E-state index in [1.54, 1.807) is 18.6 Å². The number of fused-ring (bicyclic) bond motifs is 2. The van der Waals surface area contributed by atoms with Gasteiger partial charge in [0.1, 0.15) is 17.8 Å². The number of carboxylic acid groups (broad SMARTS) is 1. The molecule has 4 heterocycles. The van der Waals surface area contributed by atoms with Crippen LogP contribution in [0.1, 0.15) is 56.4 Å². The molecule has 0 spiro atoms. The van der Waals surface area contributed by atoms with Gasteiger partial charge >= 0.3 is 5.97 Å². The van der Waals surface area contributed by atoms with E-state index in [9.17, 15) is 9.90 Å². The van der Waals surface area contributed by atoms with Crippen LogP contribution in [0.5, 0.6) is 5.75 Å². The van der Waals surface area contributed by atoms with E-state index in [4.69, 9.17) is 27.9 Å². The zero-order valence-corrected chi connectivity index (χ0v) is 33.7. The smallest absolute Gasteiger partial charge is 0.352 e. The lowest BCUT2D eigenvalue weighted by Gasteiger charge is -2.24. The fourth-order valence-corrected chi connectivity index (χ4v) is 8.20. The van der Waals surface area contributed by atoms with E-state index >= 15 is 0 Å². The molecule has 0 aliphatic carbocycles. The average Bonchev–Trinajstić information content (AvgIpc) is 3.70. The lowest BCUT2D eigenvalue weighted by Crippen LogP contribution is -2.24. The van der Waals surface area contributed by atoms with Crippen molar-refractivity contribution in [2.75, 3.05) is 25.1 Å². The van der Waals surface area contributed by atoms with Crippen LogP contribution >= 0.6 is 23.2 Å². The van der Waals surface area contributed by atoms with Crippen LogP contribution in [0.2, 0.25) is 10.0 Å². The maximum Gasteiger partial charge on any atom is 0.352 e. The summed E-state index contributed by atoms with van der Waals surface area (Å²) in [6, 6.07) is 21.4. The maximum atomic E-state index is 12.5. The molecule has 0 saturated heterocycles. The molecule has 0 aliphatic heterocycles. The van der Waals surface area contributed by atoms with Crippen LogP contribution in [0.25, 0.3) is 39.0 Å². The van der Waals surface area contributed by atoms with Gasteiger partial charge in [0, 0.05) is 70.3 Å². The number of likely N-dealkylation sites (N-methyl/N-ethyl adjacent to an activating group) is 1. The molecule has 9 nitrogen and oxygen atoms in total. The first-order valence-electron chi connectivity index (χ1n) is 18.6. The summed E-state index contributed by atoms with van der Waals surface area (Å²) in [6.07, 6.45) is 6.75. The second-order valence-corrected chi connectivity index (χ2v) is 14.9. The van der Waals surface area contributed by atoms with Gasteiger partial charge in [-0.3, -0.25) is 4.98 Å². The van der Waals surface area contributed by atoms with Crippen LogP contribution < -0.4 is 9.64 Å². The molecule has 0 saturated carbocycles. The Morgan fingerprint density at radius 3 is 2.34 bits per heavy atom. The van der Waals surface area contributed by atoms with Crippen molar-refractivity contribution < 1.29 is 14.6 Å². The number of aryl methyl sites for hydroxylation is 5. The van der Waals surface area contributed by atoms with E-state index in [-0.39, 0.29) is 5.69 Å². The predicted molar refractivity (Wildman–Crippen MR) is 228 cm³/mol. The van der Waals surface area contributed by atoms with Crippen LogP contribution in [-0.2, 0) is 19.5 Å². The van der Waals surface area contributed by atoms with Gasteiger partial charge in [0.2, 0.25) is 0 Å². The Morgan fingerprint density at radius 2 is 1.66 bits per heavy atom. The minimum atomic E-state index is -0.989. The molecule has 7 rings (SSSR count). The Labute approximate surface area is 336 Å². The third-order valence-corrected chi connectivity index (χ3v) is 11.4. The normalized spacial score (nSPS) is 11.4. The molecule has 0 amide bonds. The number of aromatic carboxylic acids is 1. The third kappa shape index (κ3) is 7.36. The van der Waals surface area contributed by atoms with E-state index in [1.807, 2.05) is 100.0 Å². The van der Waals surface area contributed by atoms with Crippen molar-refractivity contribution >= 4 is 62.7 Å². The highest BCUT2D eigenvalue weighted by Crippen LogP contribution is 2.42. The fraction of sp³-hybridized carbons (Fsp3) is 0.244. The van der Waals surface area contributed by atoms with E-state index in [1.165, 1.54) is 0 Å². The summed E-state index contributed by atoms with van der Waals surface area (Å²) >= 11 is 13.5. The summed E-state index contributed by atoms with van der Waals surface area (Å²) in [5.41, 5.74) is 11.3. The second kappa shape index (κ2) is 16.2. The zero-order chi connectivity index (χ0) is 39.7. The van der Waals surface area contributed by atoms with Gasteiger partial charge in [0.15, 0.2) is 0 Å². The Hall–Kier alpha value is -5.64. The minimum Gasteiger partial charge on any atom is -0.494 e. The highest BCUT2D eigenvalue weighted by Gasteiger charge is 2.24. The lowest BCUT2D eigenvalue weighted by molar-refractivity contribution is 0.0686. The number of nitrogens with zero attached hydrogens (tertiary/aromatic N) is 6. The van der Waals surface area contributed by atoms with Crippen molar-refractivity contribution in [2.24, 2.45) is 0 Å². The van der Waals surface area contributed by atoms with Crippen molar-refractivity contribution in [1.29, 1.82) is 0 Å². The number of halogens is 2. The molecule has 286 valence electrons. The van der Waals surface area contributed by atoms with Crippen molar-refractivity contribution in [2.45, 2.75) is 53.6 Å². The van der Waals surface area contributed by atoms with E-state index < -0.39 is 5.97 Å². The highest BCUT2D eigenvalue weighted by atomic mass is 35.5. The van der Waals surface area contributed by atoms with Gasteiger partial charge in [0.25, 0.3) is 0 Å². The van der Waals surface area contributed by atoms with Gasteiger partial charge < -0.3 is 23.9 Å². The van der Waals surface area contributed by atoms with Crippen LogP contribution in [0, 0.1) is 27.7 Å². The molecule has 4 aromatic heterocycles. The van der Waals surface area contributed by atoms with Crippen LogP contribution in [0.3, 0.4) is 0 Å². The SMILES string of the molecule is C=Cc1c(CCCOc2cc(C)c(Cl)c(C)c2)c2ccc(Cl)c(-c3c(C)ncnc3C)c2n1CCN(C)c1cccc2cc(C(=O)O)n(Cc3ccccn3)c12. The summed E-state index contributed by atoms with van der Waals surface area (Å²) < 4.78 is 10.4. The molecule has 3 aromatic carbocycles. The number of hydrogen-bond acceptors (Lipinski definition) is 6. The lowest BCUT2D eigenvalue weighted by atomic mass is 9.98. The molecular formula is C45H44Cl2N6O3. The van der Waals surface area contributed by atoms with Gasteiger partial charge in [-0.15, -0.1) is 0 Å². The number of ether oxygens (including phenoxy) is 1. The van der Waals surface area contributed by atoms with E-state index in [0.29, 0.717) is 31.3 Å². The minimum absolute atomic E-state index is 0.210. The topological polar surface area (TPSA) is 98.3 Å². The van der Waals surface area contributed by atoms with Gasteiger partial charge in [0.05, 0.1) is 40.6 Å². The number of carbonyl (C=O) groups is 1. The maximum absolute atomic E-state index is 12.5. The van der Waals surface area contributed by atoms with Crippen molar-refractivity contribution in [1.82, 2.24) is 24.1 Å². The monoisotopic (exact) mass is 786 g/mol. The van der Waals surface area contributed by atoms with E-state index in [2.05, 4.69) is 37.1 Å². The quantitative estimate of drug-likeness (QED) is 0.110. The Balaban J connectivity index is 1.28. The fourth-order valence-electron chi connectivity index (χ4n) is 7.84. The van der Waals surface area contributed by atoms with Crippen molar-refractivity contribution in [3.63, 3.8) is 0 Å². The van der Waals surface area contributed by atoms with Crippen LogP contribution in [0.4, 0.5) is 5.69 Å². The summed E-state index contributed by atoms with van der Waals surface area (Å²) in [7, 11) is 2.04. The molecule has 0 bridgehead atoms. The second-order valence-electron chi connectivity index (χ2n) is 14.2. The molecule has 7 aromatic rings. The summed E-state index contributed by atoms with van der Waals surface area (Å²) in [5, 5.41) is 13.5. The Morgan fingerprint density at radius 1 is 0.911 bits per heavy atom. The largest absolute Gasteiger partial charge is 0.494 e. The number of pyridine rings is 1. The summed E-state index contributed by atoms with van der Waals surface area (Å²) in [6.45, 7) is 14.3. The van der Waals surface area contributed by atoms with Gasteiger partial charge in [-0.25, -0.2) is 14.8 Å². The number of rotatable bonds is 14. The molecule has 11 heteroatoms. The van der Waals surface area contributed by atoms with Gasteiger partial charge in [-0.05, 0) is 106 Å². The molecule has 1 N–H and O–H groups in total. The average molecular weight is 788 g/mol. The first kappa shape index (κ1) is 38.6. The summed E-state index contributed by atoms with van der Waals surface area (Å²) in [4.78, 5) is 28.3. The number of aromatic nitrogens is 5. The Bertz CT molecular complexity index is 2570. The van der Waals surface area contributed by atoms with Gasteiger partial charge in [-0.2, -0.15) is 0 Å². The molecule has 0 atom stereocenters. The molecule has 0 unspecified atom stereocenters. The number of para-hydroxylation sites is 1. The standard InChI is InChI=1S/C45H44Cl2N6O3/c1-7-37-34(14-11-21-56-33-22-27(2)42(47)28(3)23-33)35-16-17-36(46)41(40-29(4)49-26-50-30(40)5)44(35)52(37)20-19-51(6)38-15-10-12-31-24-39(45(54)55)53(43(31)38)25-32-13-8-9-18-48-32/h7-10,12-13,15-18,22-24,26H,1,11,14,19-21,25H2,2-6H3,(H,54,55). The number of benzene rings is 3. The first-order chi connectivity index (χ1) is 27.0. The first-order valence-corrected chi connectivity index (χ1v) is 19.3. The van der Waals surface area contributed by atoms with Crippen LogP contribution in [-0.4, -0.2) is 55.4 Å².